The van der Waals surface area contributed by atoms with Gasteiger partial charge < -0.3 is 15.6 Å². The van der Waals surface area contributed by atoms with Crippen molar-refractivity contribution in [3.8, 4) is 0 Å². The van der Waals surface area contributed by atoms with Gasteiger partial charge in [-0.3, -0.25) is 4.79 Å². The number of hydrogen-bond acceptors (Lipinski definition) is 3. The van der Waals surface area contributed by atoms with Gasteiger partial charge in [0.15, 0.2) is 0 Å². The lowest BCUT2D eigenvalue weighted by Crippen LogP contribution is -2.19. The molecule has 0 heterocycles. The summed E-state index contributed by atoms with van der Waals surface area (Å²) in [5.41, 5.74) is 4.69. The summed E-state index contributed by atoms with van der Waals surface area (Å²) in [6, 6.07) is 0. The molecule has 0 aromatic rings. The zero-order valence-electron chi connectivity index (χ0n) is 5.28. The number of aliphatic hydroxyl groups excluding tert-OH is 1. The Morgan fingerprint density at radius 3 is 2.30 bits per heavy atom. The van der Waals surface area contributed by atoms with E-state index in [1.165, 1.54) is 0 Å². The molecule has 0 atom stereocenters. The van der Waals surface area contributed by atoms with Crippen LogP contribution in [0.2, 0.25) is 0 Å². The fourth-order valence-electron chi connectivity index (χ4n) is 0.237. The van der Waals surface area contributed by atoms with Crippen LogP contribution in [-0.2, 0) is 9.53 Å². The number of amides is 1. The van der Waals surface area contributed by atoms with Crippen LogP contribution in [0.5, 0.6) is 0 Å². The molecule has 4 nitrogen and oxygen atoms in total. The first kappa shape index (κ1) is 16.5. The van der Waals surface area contributed by atoms with Gasteiger partial charge in [-0.2, -0.15) is 0 Å². The average molecular weight is 192 g/mol. The van der Waals surface area contributed by atoms with E-state index in [2.05, 4.69) is 10.5 Å². The Morgan fingerprint density at radius 2 is 2.00 bits per heavy atom. The molecule has 0 fully saturated rings. The highest BCUT2D eigenvalue weighted by atomic mass is 35.5. The smallest absolute Gasteiger partial charge is 0.243 e. The van der Waals surface area contributed by atoms with Crippen LogP contribution in [0.3, 0.4) is 0 Å². The molecule has 1 amide bonds. The quantitative estimate of drug-likeness (QED) is 0.580. The molecule has 0 saturated heterocycles. The van der Waals surface area contributed by atoms with Gasteiger partial charge in [-0.25, -0.2) is 0 Å². The molecule has 0 aliphatic heterocycles. The lowest BCUT2D eigenvalue weighted by molar-refractivity contribution is -0.122. The first-order valence-corrected chi connectivity index (χ1v) is 2.24. The maximum atomic E-state index is 9.89. The monoisotopic (exact) mass is 191 g/mol. The van der Waals surface area contributed by atoms with Crippen molar-refractivity contribution in [2.45, 2.75) is 0 Å². The van der Waals surface area contributed by atoms with E-state index in [4.69, 9.17) is 5.11 Å². The normalized spacial score (nSPS) is 7.30. The predicted octanol–water partition coefficient (Wildman–Crippen LogP) is -0.676. The Hall–Kier alpha value is -0.0300. The highest BCUT2D eigenvalue weighted by molar-refractivity contribution is 5.85. The number of halogens is 2. The van der Waals surface area contributed by atoms with Crippen LogP contribution in [0.4, 0.5) is 0 Å². The van der Waals surface area contributed by atoms with Crippen LogP contribution in [0.25, 0.3) is 0 Å². The molecule has 6 heteroatoms. The zero-order valence-corrected chi connectivity index (χ0v) is 6.91. The molecule has 0 radical (unpaired) electrons. The third-order valence-electron chi connectivity index (χ3n) is 0.480. The number of aliphatic hydroxyl groups is 1. The fraction of sp³-hybridized carbons (Fsp3) is 0.750. The van der Waals surface area contributed by atoms with E-state index in [1.807, 2.05) is 0 Å². The number of primary amides is 1. The molecule has 0 spiro atoms. The minimum atomic E-state index is -0.515. The average Bonchev–Trinajstić information content (AvgIpc) is 1.66. The van der Waals surface area contributed by atoms with Gasteiger partial charge in [-0.1, -0.05) is 0 Å². The molecule has 0 unspecified atom stereocenters. The second-order valence-electron chi connectivity index (χ2n) is 1.24. The van der Waals surface area contributed by atoms with Crippen LogP contribution < -0.4 is 5.73 Å². The second kappa shape index (κ2) is 11.7. The first-order chi connectivity index (χ1) is 3.77. The molecule has 0 aromatic heterocycles. The Balaban J connectivity index is -0.000000245. The predicted molar refractivity (Wildman–Crippen MR) is 41.6 cm³/mol. The van der Waals surface area contributed by atoms with Gasteiger partial charge in [-0.05, 0) is 0 Å². The Bertz CT molecular complexity index is 80.9. The summed E-state index contributed by atoms with van der Waals surface area (Å²) in [6.45, 7) is -0.0171. The van der Waals surface area contributed by atoms with E-state index in [0.29, 0.717) is 0 Å². The lowest BCUT2D eigenvalue weighted by Gasteiger charge is -1.94. The van der Waals surface area contributed by atoms with E-state index in [1.54, 1.807) is 0 Å². The Morgan fingerprint density at radius 1 is 1.50 bits per heavy atom. The molecule has 0 saturated carbocycles. The van der Waals surface area contributed by atoms with E-state index in [-0.39, 0.29) is 44.6 Å². The number of rotatable bonds is 4. The van der Waals surface area contributed by atoms with E-state index in [0.717, 1.165) is 0 Å². The number of carbonyl (C=O) groups excluding carboxylic acids is 1. The lowest BCUT2D eigenvalue weighted by atomic mass is 10.7. The van der Waals surface area contributed by atoms with E-state index >= 15 is 0 Å². The number of ether oxygens (including phenoxy) is 1. The van der Waals surface area contributed by atoms with E-state index in [9.17, 15) is 4.79 Å². The van der Waals surface area contributed by atoms with Crippen LogP contribution in [0.15, 0.2) is 0 Å². The van der Waals surface area contributed by atoms with Crippen LogP contribution in [-0.4, -0.2) is 30.8 Å². The summed E-state index contributed by atoms with van der Waals surface area (Å²) in [4.78, 5) is 9.89. The third kappa shape index (κ3) is 15.7. The maximum absolute atomic E-state index is 9.89. The number of nitrogens with two attached hydrogens (primary N) is 1. The summed E-state index contributed by atoms with van der Waals surface area (Å²) in [7, 11) is 0. The Labute approximate surface area is 71.5 Å². The largest absolute Gasteiger partial charge is 0.394 e. The molecular formula is C4H11Cl2NO3. The van der Waals surface area contributed by atoms with Crippen molar-refractivity contribution >= 4 is 30.7 Å². The van der Waals surface area contributed by atoms with Crippen molar-refractivity contribution in [2.75, 3.05) is 19.8 Å². The van der Waals surface area contributed by atoms with Crippen LogP contribution >= 0.6 is 24.8 Å². The second-order valence-corrected chi connectivity index (χ2v) is 1.24. The number of hydrogen-bond donors (Lipinski definition) is 2. The molecule has 0 aliphatic rings. The molecule has 0 bridgehead atoms. The third-order valence-corrected chi connectivity index (χ3v) is 0.480. The van der Waals surface area contributed by atoms with E-state index < -0.39 is 5.91 Å². The minimum Gasteiger partial charge on any atom is -0.394 e. The maximum Gasteiger partial charge on any atom is 0.243 e. The van der Waals surface area contributed by atoms with Crippen molar-refractivity contribution in [3.05, 3.63) is 0 Å². The van der Waals surface area contributed by atoms with Crippen molar-refractivity contribution in [1.82, 2.24) is 0 Å². The van der Waals surface area contributed by atoms with Crippen LogP contribution in [0.1, 0.15) is 0 Å². The van der Waals surface area contributed by atoms with Gasteiger partial charge in [0.1, 0.15) is 6.61 Å². The summed E-state index contributed by atoms with van der Waals surface area (Å²) < 4.78 is 4.52. The van der Waals surface area contributed by atoms with Gasteiger partial charge in [0.25, 0.3) is 0 Å². The van der Waals surface area contributed by atoms with Gasteiger partial charge in [0.05, 0.1) is 13.2 Å². The molecule has 64 valence electrons. The minimum absolute atomic E-state index is 0. The zero-order chi connectivity index (χ0) is 6.41. The first-order valence-electron chi connectivity index (χ1n) is 2.24. The number of carbonyl (C=O) groups is 1. The molecule has 3 N–H and O–H groups in total. The summed E-state index contributed by atoms with van der Waals surface area (Å²) in [5, 5.41) is 8.10. The topological polar surface area (TPSA) is 72.6 Å². The molecule has 0 aromatic carbocycles. The summed E-state index contributed by atoms with van der Waals surface area (Å²) >= 11 is 0. The Kier molecular flexibility index (Phi) is 19.4. The van der Waals surface area contributed by atoms with Gasteiger partial charge in [0.2, 0.25) is 5.91 Å². The SMILES string of the molecule is Cl.Cl.NC(=O)COCCO. The molecule has 0 aliphatic carbocycles. The van der Waals surface area contributed by atoms with Gasteiger partial charge in [0, 0.05) is 0 Å². The summed E-state index contributed by atoms with van der Waals surface area (Å²) in [6.07, 6.45) is 0. The highest BCUT2D eigenvalue weighted by Crippen LogP contribution is 1.69. The van der Waals surface area contributed by atoms with Crippen molar-refractivity contribution in [2.24, 2.45) is 5.73 Å². The molecular weight excluding hydrogens is 181 g/mol. The van der Waals surface area contributed by atoms with Crippen molar-refractivity contribution in [3.63, 3.8) is 0 Å². The van der Waals surface area contributed by atoms with Crippen molar-refractivity contribution < 1.29 is 14.6 Å². The molecule has 0 rings (SSSR count). The highest BCUT2D eigenvalue weighted by Gasteiger charge is 1.89. The molecule has 10 heavy (non-hydrogen) atoms. The fourth-order valence-corrected chi connectivity index (χ4v) is 0.237. The van der Waals surface area contributed by atoms with Gasteiger partial charge in [-0.15, -0.1) is 24.8 Å². The van der Waals surface area contributed by atoms with Crippen LogP contribution in [0, 0.1) is 0 Å². The van der Waals surface area contributed by atoms with Gasteiger partial charge >= 0.3 is 0 Å². The standard InChI is InChI=1S/C4H9NO3.2ClH/c5-4(7)3-8-2-1-6;;/h6H,1-3H2,(H2,5,7);2*1H. The van der Waals surface area contributed by atoms with Crippen molar-refractivity contribution in [1.29, 1.82) is 0 Å². The summed E-state index contributed by atoms with van der Waals surface area (Å²) in [5.74, 6) is -0.515.